The SMILES string of the molecule is CCC/C=C/C=C/C=C/C=C/C=C/CCCCCCCC(=O)OC(/C=C/C/C=C\CCCCCCCC)CC(=O)NC(CO)C(O)CCCCCCCCCCCCC. The number of aliphatic hydroxyl groups is 2. The van der Waals surface area contributed by atoms with E-state index in [0.717, 1.165) is 70.6 Å². The molecule has 0 radical (unpaired) electrons. The summed E-state index contributed by atoms with van der Waals surface area (Å²) in [6.07, 6.45) is 59.5. The van der Waals surface area contributed by atoms with Crippen LogP contribution in [0.15, 0.2) is 85.1 Å². The van der Waals surface area contributed by atoms with Crippen molar-refractivity contribution >= 4 is 11.9 Å². The third-order valence-corrected chi connectivity index (χ3v) is 10.6. The molecule has 0 heterocycles. The molecule has 3 atom stereocenters. The van der Waals surface area contributed by atoms with E-state index < -0.39 is 18.2 Å². The maximum absolute atomic E-state index is 13.1. The maximum atomic E-state index is 13.1. The van der Waals surface area contributed by atoms with Gasteiger partial charge in [-0.2, -0.15) is 0 Å². The first-order chi connectivity index (χ1) is 29.0. The minimum Gasteiger partial charge on any atom is -0.458 e. The molecule has 0 bridgehead atoms. The Morgan fingerprint density at radius 2 is 1.00 bits per heavy atom. The van der Waals surface area contributed by atoms with Gasteiger partial charge < -0.3 is 20.3 Å². The van der Waals surface area contributed by atoms with E-state index in [2.05, 4.69) is 74.7 Å². The lowest BCUT2D eigenvalue weighted by Crippen LogP contribution is -2.46. The maximum Gasteiger partial charge on any atom is 0.306 e. The highest BCUT2D eigenvalue weighted by atomic mass is 16.5. The number of aliphatic hydroxyl groups excluding tert-OH is 2. The van der Waals surface area contributed by atoms with Crippen molar-refractivity contribution in [2.45, 2.75) is 232 Å². The molecular weight excluding hydrogens is 731 g/mol. The highest BCUT2D eigenvalue weighted by molar-refractivity contribution is 5.78. The van der Waals surface area contributed by atoms with Crippen LogP contribution in [0.25, 0.3) is 0 Å². The molecule has 3 unspecified atom stereocenters. The smallest absolute Gasteiger partial charge is 0.306 e. The van der Waals surface area contributed by atoms with Gasteiger partial charge in [-0.1, -0.05) is 228 Å². The molecule has 1 amide bonds. The molecule has 338 valence electrons. The van der Waals surface area contributed by atoms with Crippen molar-refractivity contribution in [3.8, 4) is 0 Å². The van der Waals surface area contributed by atoms with E-state index in [0.29, 0.717) is 19.3 Å². The van der Waals surface area contributed by atoms with Crippen LogP contribution >= 0.6 is 0 Å². The fraction of sp³-hybridized carbons (Fsp3) is 0.698. The number of amides is 1. The van der Waals surface area contributed by atoms with Crippen LogP contribution in [0.2, 0.25) is 0 Å². The number of unbranched alkanes of at least 4 members (excludes halogenated alkanes) is 22. The molecule has 59 heavy (non-hydrogen) atoms. The molecule has 0 fully saturated rings. The van der Waals surface area contributed by atoms with Crippen LogP contribution in [0.1, 0.15) is 213 Å². The van der Waals surface area contributed by atoms with E-state index in [4.69, 9.17) is 4.74 Å². The van der Waals surface area contributed by atoms with Gasteiger partial charge in [0.2, 0.25) is 5.91 Å². The molecule has 0 aromatic heterocycles. The van der Waals surface area contributed by atoms with E-state index in [1.54, 1.807) is 0 Å². The fourth-order valence-electron chi connectivity index (χ4n) is 6.84. The van der Waals surface area contributed by atoms with Crippen LogP contribution in [-0.2, 0) is 14.3 Å². The predicted octanol–water partition coefficient (Wildman–Crippen LogP) is 14.4. The lowest BCUT2D eigenvalue weighted by molar-refractivity contribution is -0.148. The molecule has 0 aromatic rings. The molecule has 3 N–H and O–H groups in total. The van der Waals surface area contributed by atoms with E-state index >= 15 is 0 Å². The number of carbonyl (C=O) groups excluding carboxylic acids is 2. The van der Waals surface area contributed by atoms with Gasteiger partial charge in [-0.3, -0.25) is 9.59 Å². The monoisotopic (exact) mass is 822 g/mol. The summed E-state index contributed by atoms with van der Waals surface area (Å²) < 4.78 is 5.80. The van der Waals surface area contributed by atoms with Gasteiger partial charge >= 0.3 is 5.97 Å². The molecule has 0 rings (SSSR count). The highest BCUT2D eigenvalue weighted by Gasteiger charge is 2.23. The lowest BCUT2D eigenvalue weighted by atomic mass is 10.0. The standard InChI is InChI=1S/C53H91NO5/c1-4-7-10-13-16-19-22-23-24-25-26-27-28-31-34-37-40-43-46-53(58)59-49(44-41-38-35-32-29-20-17-14-11-8-5-2)47-52(57)54-50(48-55)51(56)45-42-39-36-33-30-21-18-15-12-9-6-3/h10,13,16,19,22-27,32,35,41,44,49-51,55-56H,4-9,11-12,14-15,17-18,20-21,28-31,33-34,36-40,42-43,45-48H2,1-3H3,(H,54,57)/b13-10+,19-16+,23-22+,25-24+,27-26+,35-32-,44-41+. The minimum atomic E-state index is -0.818. The van der Waals surface area contributed by atoms with Crippen LogP contribution in [0, 0.1) is 0 Å². The number of carbonyl (C=O) groups is 2. The van der Waals surface area contributed by atoms with Crippen molar-refractivity contribution in [1.82, 2.24) is 5.32 Å². The lowest BCUT2D eigenvalue weighted by Gasteiger charge is -2.23. The van der Waals surface area contributed by atoms with Crippen molar-refractivity contribution in [2.75, 3.05) is 6.61 Å². The van der Waals surface area contributed by atoms with Crippen molar-refractivity contribution in [3.05, 3.63) is 85.1 Å². The Labute approximate surface area is 363 Å². The summed E-state index contributed by atoms with van der Waals surface area (Å²) in [5, 5.41) is 23.6. The number of hydrogen-bond donors (Lipinski definition) is 3. The first kappa shape index (κ1) is 56.0. The van der Waals surface area contributed by atoms with Crippen LogP contribution in [0.3, 0.4) is 0 Å². The molecule has 0 saturated heterocycles. The Kier molecular flexibility index (Phi) is 43.8. The van der Waals surface area contributed by atoms with Crippen LogP contribution < -0.4 is 5.32 Å². The quantitative estimate of drug-likeness (QED) is 0.0247. The molecule has 0 saturated carbocycles. The number of allylic oxidation sites excluding steroid dienone is 13. The Morgan fingerprint density at radius 1 is 0.525 bits per heavy atom. The molecule has 6 nitrogen and oxygen atoms in total. The van der Waals surface area contributed by atoms with Crippen molar-refractivity contribution < 1.29 is 24.5 Å². The fourth-order valence-corrected chi connectivity index (χ4v) is 6.84. The highest BCUT2D eigenvalue weighted by Crippen LogP contribution is 2.15. The van der Waals surface area contributed by atoms with Crippen LogP contribution in [-0.4, -0.2) is 46.9 Å². The molecule has 0 spiro atoms. The zero-order chi connectivity index (χ0) is 43.1. The Bertz CT molecular complexity index is 1150. The van der Waals surface area contributed by atoms with Gasteiger partial charge in [0.05, 0.1) is 25.2 Å². The summed E-state index contributed by atoms with van der Waals surface area (Å²) in [4.78, 5) is 26.0. The second-order valence-corrected chi connectivity index (χ2v) is 16.3. The molecule has 0 aliphatic rings. The number of rotatable bonds is 42. The van der Waals surface area contributed by atoms with E-state index in [9.17, 15) is 19.8 Å². The summed E-state index contributed by atoms with van der Waals surface area (Å²) in [7, 11) is 0. The van der Waals surface area contributed by atoms with Gasteiger partial charge in [0.1, 0.15) is 6.10 Å². The topological polar surface area (TPSA) is 95.9 Å². The van der Waals surface area contributed by atoms with Gasteiger partial charge in [-0.05, 0) is 57.4 Å². The van der Waals surface area contributed by atoms with Gasteiger partial charge in [-0.15, -0.1) is 0 Å². The third kappa shape index (κ3) is 41.6. The second-order valence-electron chi connectivity index (χ2n) is 16.3. The van der Waals surface area contributed by atoms with Gasteiger partial charge in [0.15, 0.2) is 0 Å². The summed E-state index contributed by atoms with van der Waals surface area (Å²) in [5.74, 6) is -0.638. The summed E-state index contributed by atoms with van der Waals surface area (Å²) in [6.45, 7) is 6.33. The van der Waals surface area contributed by atoms with Crippen molar-refractivity contribution in [1.29, 1.82) is 0 Å². The number of hydrogen-bond acceptors (Lipinski definition) is 5. The zero-order valence-electron chi connectivity index (χ0n) is 38.4. The molecular formula is C53H91NO5. The number of ether oxygens (including phenoxy) is 1. The van der Waals surface area contributed by atoms with Gasteiger partial charge in [0, 0.05) is 6.42 Å². The van der Waals surface area contributed by atoms with Gasteiger partial charge in [0.25, 0.3) is 0 Å². The summed E-state index contributed by atoms with van der Waals surface area (Å²) >= 11 is 0. The van der Waals surface area contributed by atoms with E-state index in [1.165, 1.54) is 96.3 Å². The zero-order valence-corrected chi connectivity index (χ0v) is 38.4. The largest absolute Gasteiger partial charge is 0.458 e. The Balaban J connectivity index is 4.70. The molecule has 0 aliphatic heterocycles. The Morgan fingerprint density at radius 3 is 1.54 bits per heavy atom. The van der Waals surface area contributed by atoms with Crippen molar-refractivity contribution in [3.63, 3.8) is 0 Å². The first-order valence-corrected chi connectivity index (χ1v) is 24.4. The molecule has 6 heteroatoms. The third-order valence-electron chi connectivity index (χ3n) is 10.6. The predicted molar refractivity (Wildman–Crippen MR) is 254 cm³/mol. The van der Waals surface area contributed by atoms with Crippen LogP contribution in [0.4, 0.5) is 0 Å². The molecule has 0 aliphatic carbocycles. The summed E-state index contributed by atoms with van der Waals surface area (Å²) in [6, 6.07) is -0.740. The van der Waals surface area contributed by atoms with E-state index in [-0.39, 0.29) is 24.9 Å². The normalized spacial score (nSPS) is 14.1. The average molecular weight is 822 g/mol. The molecule has 0 aromatic carbocycles. The Hall–Kier alpha value is -2.96. The number of nitrogens with one attached hydrogen (secondary N) is 1. The number of esters is 1. The average Bonchev–Trinajstić information content (AvgIpc) is 3.23. The summed E-state index contributed by atoms with van der Waals surface area (Å²) in [5.41, 5.74) is 0. The minimum absolute atomic E-state index is 0.0435. The van der Waals surface area contributed by atoms with Crippen LogP contribution in [0.5, 0.6) is 0 Å². The second kappa shape index (κ2) is 46.1. The van der Waals surface area contributed by atoms with E-state index in [1.807, 2.05) is 36.5 Å². The van der Waals surface area contributed by atoms with Crippen molar-refractivity contribution in [2.24, 2.45) is 0 Å². The first-order valence-electron chi connectivity index (χ1n) is 24.4. The van der Waals surface area contributed by atoms with Gasteiger partial charge in [-0.25, -0.2) is 0 Å².